The first-order chi connectivity index (χ1) is 19.3. The number of amides is 2. The Hall–Kier alpha value is -3.57. The summed E-state index contributed by atoms with van der Waals surface area (Å²) in [5, 5.41) is 2.07. The van der Waals surface area contributed by atoms with Crippen molar-refractivity contribution in [2.45, 2.75) is 50.9 Å². The number of anilines is 1. The minimum atomic E-state index is -4.87. The number of likely N-dealkylation sites (N-methyl/N-ethyl adjacent to an activating group) is 1. The van der Waals surface area contributed by atoms with Crippen molar-refractivity contribution in [1.82, 2.24) is 10.2 Å². The lowest BCUT2D eigenvalue weighted by molar-refractivity contribution is -0.140. The summed E-state index contributed by atoms with van der Waals surface area (Å²) in [6.45, 7) is 4.60. The van der Waals surface area contributed by atoms with Gasteiger partial charge in [0.2, 0.25) is 11.8 Å². The third kappa shape index (κ3) is 7.80. The summed E-state index contributed by atoms with van der Waals surface area (Å²) in [5.74, 6) is -1.20. The van der Waals surface area contributed by atoms with Crippen LogP contribution in [0.25, 0.3) is 0 Å². The molecule has 0 bridgehead atoms. The molecule has 0 aliphatic carbocycles. The molecule has 3 aromatic carbocycles. The minimum absolute atomic E-state index is 0.0256. The summed E-state index contributed by atoms with van der Waals surface area (Å²) >= 11 is 5.80. The third-order valence-electron chi connectivity index (χ3n) is 6.36. The van der Waals surface area contributed by atoms with Crippen LogP contribution >= 0.6 is 11.6 Å². The fourth-order valence-corrected chi connectivity index (χ4v) is 5.87. The molecular weight excluding hydrogens is 579 g/mol. The van der Waals surface area contributed by atoms with Crippen LogP contribution in [0.1, 0.15) is 37.0 Å². The van der Waals surface area contributed by atoms with E-state index in [1.165, 1.54) is 17.0 Å². The van der Waals surface area contributed by atoms with Crippen molar-refractivity contribution in [2.75, 3.05) is 17.4 Å². The summed E-state index contributed by atoms with van der Waals surface area (Å²) in [7, 11) is -4.54. The van der Waals surface area contributed by atoms with E-state index in [1.54, 1.807) is 63.2 Å². The highest BCUT2D eigenvalue weighted by molar-refractivity contribution is 7.92. The normalized spacial score (nSPS) is 12.5. The van der Waals surface area contributed by atoms with Crippen LogP contribution in [0.2, 0.25) is 5.02 Å². The molecule has 0 aliphatic heterocycles. The van der Waals surface area contributed by atoms with Gasteiger partial charge >= 0.3 is 6.18 Å². The molecule has 0 fully saturated rings. The van der Waals surface area contributed by atoms with Gasteiger partial charge in [-0.25, -0.2) is 8.42 Å². The molecule has 0 radical (unpaired) electrons. The molecule has 0 saturated heterocycles. The zero-order valence-electron chi connectivity index (χ0n) is 22.8. The van der Waals surface area contributed by atoms with E-state index >= 15 is 0 Å². The molecule has 3 rings (SSSR count). The quantitative estimate of drug-likeness (QED) is 0.297. The van der Waals surface area contributed by atoms with Crippen LogP contribution < -0.4 is 9.62 Å². The van der Waals surface area contributed by atoms with Gasteiger partial charge in [0.05, 0.1) is 21.2 Å². The van der Waals surface area contributed by atoms with Crippen LogP contribution in [0, 0.1) is 6.92 Å². The zero-order chi connectivity index (χ0) is 30.4. The lowest BCUT2D eigenvalue weighted by Crippen LogP contribution is -2.52. The summed E-state index contributed by atoms with van der Waals surface area (Å²) in [6.07, 6.45) is -4.66. The Balaban J connectivity index is 2.14. The van der Waals surface area contributed by atoms with E-state index in [0.717, 1.165) is 17.7 Å². The van der Waals surface area contributed by atoms with E-state index in [2.05, 4.69) is 5.32 Å². The molecule has 1 N–H and O–H groups in total. The van der Waals surface area contributed by atoms with Crippen molar-refractivity contribution in [3.8, 4) is 0 Å². The van der Waals surface area contributed by atoms with Gasteiger partial charge in [-0.2, -0.15) is 13.2 Å². The summed E-state index contributed by atoms with van der Waals surface area (Å²) < 4.78 is 69.5. The highest BCUT2D eigenvalue weighted by Crippen LogP contribution is 2.38. The fourth-order valence-electron chi connectivity index (χ4n) is 4.24. The monoisotopic (exact) mass is 609 g/mol. The molecule has 3 aromatic rings. The molecule has 0 aliphatic rings. The topological polar surface area (TPSA) is 86.8 Å². The van der Waals surface area contributed by atoms with Gasteiger partial charge in [-0.05, 0) is 56.2 Å². The number of nitrogens with zero attached hydrogens (tertiary/aromatic N) is 2. The Morgan fingerprint density at radius 3 is 2.17 bits per heavy atom. The van der Waals surface area contributed by atoms with Gasteiger partial charge in [0.1, 0.15) is 12.6 Å². The predicted molar refractivity (Wildman–Crippen MR) is 152 cm³/mol. The number of nitrogens with one attached hydrogen (secondary N) is 1. The number of carbonyl (C=O) groups is 2. The highest BCUT2D eigenvalue weighted by Gasteiger charge is 2.37. The molecule has 41 heavy (non-hydrogen) atoms. The van der Waals surface area contributed by atoms with Crippen molar-refractivity contribution < 1.29 is 31.2 Å². The number of alkyl halides is 3. The standard InChI is InChI=1S/C29H31ClF3N3O4S/c1-4-26(28(38)34-5-2)35(18-21-9-7-6-8-10-21)27(37)19-36(41(39,40)23-14-11-20(3)12-15-23)22-13-16-25(30)24(17-22)29(31,32)33/h6-17,26H,4-5,18-19H2,1-3H3,(H,34,38)/t26-/m1/s1. The molecule has 0 unspecified atom stereocenters. The zero-order valence-corrected chi connectivity index (χ0v) is 24.4. The van der Waals surface area contributed by atoms with E-state index in [9.17, 15) is 31.2 Å². The van der Waals surface area contributed by atoms with Crippen LogP contribution in [0.3, 0.4) is 0 Å². The average Bonchev–Trinajstić information content (AvgIpc) is 2.92. The van der Waals surface area contributed by atoms with Crippen molar-refractivity contribution >= 4 is 39.1 Å². The number of halogens is 4. The molecule has 220 valence electrons. The largest absolute Gasteiger partial charge is 0.417 e. The number of carbonyl (C=O) groups excluding carboxylic acids is 2. The van der Waals surface area contributed by atoms with Gasteiger partial charge in [-0.3, -0.25) is 13.9 Å². The summed E-state index contributed by atoms with van der Waals surface area (Å²) in [6, 6.07) is 16.2. The number of hydrogen-bond acceptors (Lipinski definition) is 4. The maximum absolute atomic E-state index is 13.9. The van der Waals surface area contributed by atoms with Gasteiger partial charge < -0.3 is 10.2 Å². The lowest BCUT2D eigenvalue weighted by atomic mass is 10.1. The Labute approximate surface area is 243 Å². The number of benzene rings is 3. The Kier molecular flexibility index (Phi) is 10.4. The second kappa shape index (κ2) is 13.4. The maximum atomic E-state index is 13.9. The summed E-state index contributed by atoms with van der Waals surface area (Å²) in [5.41, 5.74) is -0.203. The first kappa shape index (κ1) is 32.0. The van der Waals surface area contributed by atoms with Crippen LogP contribution in [0.5, 0.6) is 0 Å². The molecule has 7 nitrogen and oxygen atoms in total. The molecular formula is C29H31ClF3N3O4S. The number of aryl methyl sites for hydroxylation is 1. The highest BCUT2D eigenvalue weighted by atomic mass is 35.5. The first-order valence-corrected chi connectivity index (χ1v) is 14.7. The van der Waals surface area contributed by atoms with E-state index < -0.39 is 56.9 Å². The van der Waals surface area contributed by atoms with Gasteiger partial charge in [0.25, 0.3) is 10.0 Å². The van der Waals surface area contributed by atoms with Crippen molar-refractivity contribution in [1.29, 1.82) is 0 Å². The van der Waals surface area contributed by atoms with Gasteiger partial charge in [0, 0.05) is 13.1 Å². The first-order valence-electron chi connectivity index (χ1n) is 12.9. The lowest BCUT2D eigenvalue weighted by Gasteiger charge is -2.33. The molecule has 1 atom stereocenters. The van der Waals surface area contributed by atoms with E-state index in [4.69, 9.17) is 11.6 Å². The number of hydrogen-bond donors (Lipinski definition) is 1. The molecule has 12 heteroatoms. The number of rotatable bonds is 11. The van der Waals surface area contributed by atoms with Crippen LogP contribution in [0.4, 0.5) is 18.9 Å². The van der Waals surface area contributed by atoms with Crippen LogP contribution in [-0.2, 0) is 32.3 Å². The second-order valence-electron chi connectivity index (χ2n) is 9.31. The Morgan fingerprint density at radius 1 is 0.976 bits per heavy atom. The Bertz CT molecular complexity index is 1470. The summed E-state index contributed by atoms with van der Waals surface area (Å²) in [4.78, 5) is 27.9. The van der Waals surface area contributed by atoms with Gasteiger partial charge in [0.15, 0.2) is 0 Å². The van der Waals surface area contributed by atoms with Gasteiger partial charge in [-0.1, -0.05) is 66.6 Å². The van der Waals surface area contributed by atoms with E-state index in [-0.39, 0.29) is 17.9 Å². The van der Waals surface area contributed by atoms with Crippen molar-refractivity contribution in [2.24, 2.45) is 0 Å². The minimum Gasteiger partial charge on any atom is -0.355 e. The van der Waals surface area contributed by atoms with Crippen LogP contribution in [-0.4, -0.2) is 44.3 Å². The van der Waals surface area contributed by atoms with E-state index in [0.29, 0.717) is 22.5 Å². The Morgan fingerprint density at radius 2 is 1.61 bits per heavy atom. The predicted octanol–water partition coefficient (Wildman–Crippen LogP) is 5.81. The molecule has 0 aromatic heterocycles. The number of sulfonamides is 1. The fraction of sp³-hybridized carbons (Fsp3) is 0.310. The maximum Gasteiger partial charge on any atom is 0.417 e. The van der Waals surface area contributed by atoms with E-state index in [1.807, 2.05) is 0 Å². The van der Waals surface area contributed by atoms with Crippen LogP contribution in [0.15, 0.2) is 77.7 Å². The molecule has 0 heterocycles. The SMILES string of the molecule is CCNC(=O)[C@@H](CC)N(Cc1ccccc1)C(=O)CN(c1ccc(Cl)c(C(F)(F)F)c1)S(=O)(=O)c1ccc(C)cc1. The van der Waals surface area contributed by atoms with Crippen molar-refractivity contribution in [3.63, 3.8) is 0 Å². The molecule has 0 saturated carbocycles. The van der Waals surface area contributed by atoms with Gasteiger partial charge in [-0.15, -0.1) is 0 Å². The van der Waals surface area contributed by atoms with Crippen molar-refractivity contribution in [3.05, 3.63) is 94.5 Å². The molecule has 2 amide bonds. The average molecular weight is 610 g/mol. The molecule has 0 spiro atoms. The second-order valence-corrected chi connectivity index (χ2v) is 11.6. The smallest absolute Gasteiger partial charge is 0.355 e. The third-order valence-corrected chi connectivity index (χ3v) is 8.48.